The van der Waals surface area contributed by atoms with E-state index < -0.39 is 5.97 Å². The highest BCUT2D eigenvalue weighted by Crippen LogP contribution is 2.37. The predicted octanol–water partition coefficient (Wildman–Crippen LogP) is 5.96. The normalized spacial score (nSPS) is 22.0. The van der Waals surface area contributed by atoms with E-state index in [1.54, 1.807) is 18.7 Å². The average molecular weight is 600 g/mol. The number of nitrogens with zero attached hydrogens (tertiary/aromatic N) is 5. The Balaban J connectivity index is 1.11. The molecule has 0 bridgehead atoms. The van der Waals surface area contributed by atoms with Gasteiger partial charge >= 0.3 is 5.97 Å². The molecule has 2 aliphatic carbocycles. The quantitative estimate of drug-likeness (QED) is 0.222. The van der Waals surface area contributed by atoms with E-state index in [-0.39, 0.29) is 30.6 Å². The fraction of sp³-hybridized carbons (Fsp3) is 0.471. The number of benzene rings is 2. The maximum atomic E-state index is 12.7. The van der Waals surface area contributed by atoms with Gasteiger partial charge in [0.1, 0.15) is 11.9 Å². The first-order chi connectivity index (χ1) is 21.5. The smallest absolute Gasteiger partial charge is 0.364 e. The van der Waals surface area contributed by atoms with Gasteiger partial charge in [0.25, 0.3) is 0 Å². The van der Waals surface area contributed by atoms with Crippen LogP contribution in [0.3, 0.4) is 0 Å². The summed E-state index contributed by atoms with van der Waals surface area (Å²) in [5, 5.41) is 23.5. The molecule has 2 atom stereocenters. The number of hydrogen-bond donors (Lipinski definition) is 1. The van der Waals surface area contributed by atoms with E-state index in [9.17, 15) is 9.90 Å². The Morgan fingerprint density at radius 2 is 1.70 bits per heavy atom. The monoisotopic (exact) mass is 599 g/mol. The minimum atomic E-state index is -0.531. The average Bonchev–Trinajstić information content (AvgIpc) is 3.70. The van der Waals surface area contributed by atoms with E-state index in [2.05, 4.69) is 39.7 Å². The third-order valence-corrected chi connectivity index (χ3v) is 8.96. The third kappa shape index (κ3) is 6.50. The molecular formula is C34H41N5O5. The molecule has 0 saturated heterocycles. The minimum absolute atomic E-state index is 0.0377. The Morgan fingerprint density at radius 3 is 2.41 bits per heavy atom. The van der Waals surface area contributed by atoms with Crippen LogP contribution in [-0.4, -0.2) is 61.8 Å². The van der Waals surface area contributed by atoms with Crippen molar-refractivity contribution in [2.24, 2.45) is 0 Å². The Hall–Kier alpha value is -4.18. The molecule has 0 spiro atoms. The van der Waals surface area contributed by atoms with Crippen LogP contribution < -0.4 is 9.47 Å². The number of ether oxygens (including phenoxy) is 3. The van der Waals surface area contributed by atoms with E-state index in [1.165, 1.54) is 5.56 Å². The molecule has 10 heteroatoms. The van der Waals surface area contributed by atoms with Crippen LogP contribution in [0.2, 0.25) is 0 Å². The summed E-state index contributed by atoms with van der Waals surface area (Å²) in [5.74, 6) is 1.03. The zero-order valence-corrected chi connectivity index (χ0v) is 25.5. The van der Waals surface area contributed by atoms with E-state index in [0.29, 0.717) is 18.3 Å². The first-order valence-electron chi connectivity index (χ1n) is 15.8. The van der Waals surface area contributed by atoms with Gasteiger partial charge < -0.3 is 19.3 Å². The van der Waals surface area contributed by atoms with Gasteiger partial charge in [-0.05, 0) is 86.3 Å². The summed E-state index contributed by atoms with van der Waals surface area (Å²) < 4.78 is 20.6. The lowest BCUT2D eigenvalue weighted by Gasteiger charge is -2.30. The van der Waals surface area contributed by atoms with E-state index in [1.807, 2.05) is 41.2 Å². The van der Waals surface area contributed by atoms with Gasteiger partial charge in [0.2, 0.25) is 11.6 Å². The third-order valence-electron chi connectivity index (χ3n) is 8.96. The van der Waals surface area contributed by atoms with E-state index >= 15 is 0 Å². The minimum Gasteiger partial charge on any atom is -0.497 e. The van der Waals surface area contributed by atoms with Crippen molar-refractivity contribution in [3.8, 4) is 22.9 Å². The van der Waals surface area contributed by atoms with E-state index in [4.69, 9.17) is 14.2 Å². The lowest BCUT2D eigenvalue weighted by Crippen LogP contribution is -2.28. The zero-order chi connectivity index (χ0) is 30.5. The lowest BCUT2D eigenvalue weighted by molar-refractivity contribution is 0.0507. The van der Waals surface area contributed by atoms with Crippen molar-refractivity contribution in [2.75, 3.05) is 13.7 Å². The second kappa shape index (κ2) is 13.6. The van der Waals surface area contributed by atoms with Crippen molar-refractivity contribution in [3.05, 3.63) is 77.6 Å². The van der Waals surface area contributed by atoms with Gasteiger partial charge in [-0.25, -0.2) is 9.48 Å². The molecule has 0 aliphatic heterocycles. The SMILES string of the molecule is CCOC(=O)c1nnn(Cc2ccc(OC)cc2)c1OC1CCC(c2ccc(-c3ccnn3[C@H]3CCCC[C@@H]3O)cc2)CC1. The number of esters is 1. The highest BCUT2D eigenvalue weighted by Gasteiger charge is 2.30. The number of aliphatic hydroxyl groups is 1. The summed E-state index contributed by atoms with van der Waals surface area (Å²) in [6, 6.07) is 18.6. The Morgan fingerprint density at radius 1 is 0.955 bits per heavy atom. The van der Waals surface area contributed by atoms with Crippen LogP contribution in [-0.2, 0) is 11.3 Å². The van der Waals surface area contributed by atoms with Gasteiger partial charge in [0.15, 0.2) is 0 Å². The van der Waals surface area contributed by atoms with Gasteiger partial charge in [-0.2, -0.15) is 5.10 Å². The summed E-state index contributed by atoms with van der Waals surface area (Å²) in [6.45, 7) is 2.42. The van der Waals surface area contributed by atoms with Crippen LogP contribution in [0.4, 0.5) is 0 Å². The number of hydrogen-bond acceptors (Lipinski definition) is 8. The maximum absolute atomic E-state index is 12.7. The Labute approximate surface area is 257 Å². The molecule has 2 heterocycles. The second-order valence-corrected chi connectivity index (χ2v) is 11.8. The topological polar surface area (TPSA) is 114 Å². The molecule has 0 unspecified atom stereocenters. The van der Waals surface area contributed by atoms with Crippen molar-refractivity contribution in [1.82, 2.24) is 24.8 Å². The largest absolute Gasteiger partial charge is 0.497 e. The molecule has 1 N–H and O–H groups in total. The summed E-state index contributed by atoms with van der Waals surface area (Å²) in [6.07, 6.45) is 9.09. The van der Waals surface area contributed by atoms with Crippen LogP contribution in [0.1, 0.15) is 91.9 Å². The van der Waals surface area contributed by atoms with Gasteiger partial charge in [0, 0.05) is 6.20 Å². The van der Waals surface area contributed by atoms with Crippen molar-refractivity contribution in [3.63, 3.8) is 0 Å². The van der Waals surface area contributed by atoms with Crippen molar-refractivity contribution in [1.29, 1.82) is 0 Å². The van der Waals surface area contributed by atoms with Gasteiger partial charge in [-0.15, -0.1) is 5.10 Å². The molecule has 0 amide bonds. The molecular weight excluding hydrogens is 558 g/mol. The lowest BCUT2D eigenvalue weighted by atomic mass is 9.82. The molecule has 10 nitrogen and oxygen atoms in total. The van der Waals surface area contributed by atoms with E-state index in [0.717, 1.165) is 73.9 Å². The molecule has 2 aromatic heterocycles. The number of methoxy groups -OCH3 is 1. The summed E-state index contributed by atoms with van der Waals surface area (Å²) >= 11 is 0. The van der Waals surface area contributed by atoms with Gasteiger partial charge in [-0.3, -0.25) is 4.68 Å². The number of carbonyl (C=O) groups excluding carboxylic acids is 1. The number of aliphatic hydroxyl groups excluding tert-OH is 1. The van der Waals surface area contributed by atoms with Crippen molar-refractivity contribution >= 4 is 5.97 Å². The molecule has 6 rings (SSSR count). The fourth-order valence-electron chi connectivity index (χ4n) is 6.54. The Kier molecular flexibility index (Phi) is 9.26. The number of carbonyl (C=O) groups is 1. The van der Waals surface area contributed by atoms with Gasteiger partial charge in [-0.1, -0.05) is 54.5 Å². The molecule has 232 valence electrons. The molecule has 2 aromatic carbocycles. The highest BCUT2D eigenvalue weighted by atomic mass is 16.5. The van der Waals surface area contributed by atoms with Crippen LogP contribution in [0, 0.1) is 0 Å². The number of aromatic nitrogens is 5. The first-order valence-corrected chi connectivity index (χ1v) is 15.8. The Bertz CT molecular complexity index is 1520. The zero-order valence-electron chi connectivity index (χ0n) is 25.5. The maximum Gasteiger partial charge on any atom is 0.364 e. The standard InChI is InChI=1S/C34H41N5O5/c1-3-43-34(41)32-33(38(37-36-32)22-23-8-16-27(42-2)17-9-23)44-28-18-14-25(15-19-28)24-10-12-26(13-11-24)29-20-21-35-39(29)30-6-4-5-7-31(30)40/h8-13,16-17,20-21,25,28,30-31,40H,3-7,14-15,18-19,22H2,1-2H3/t25?,28?,30-,31-/m0/s1. The summed E-state index contributed by atoms with van der Waals surface area (Å²) in [4.78, 5) is 12.7. The predicted molar refractivity (Wildman–Crippen MR) is 165 cm³/mol. The highest BCUT2D eigenvalue weighted by molar-refractivity contribution is 5.89. The molecule has 44 heavy (non-hydrogen) atoms. The van der Waals surface area contributed by atoms with Crippen molar-refractivity contribution in [2.45, 2.75) is 89.0 Å². The summed E-state index contributed by atoms with van der Waals surface area (Å²) in [7, 11) is 1.63. The van der Waals surface area contributed by atoms with Crippen LogP contribution in [0.25, 0.3) is 11.3 Å². The van der Waals surface area contributed by atoms with Crippen LogP contribution >= 0.6 is 0 Å². The fourth-order valence-corrected chi connectivity index (χ4v) is 6.54. The first kappa shape index (κ1) is 29.9. The molecule has 2 aliphatic rings. The second-order valence-electron chi connectivity index (χ2n) is 11.8. The molecule has 0 radical (unpaired) electrons. The van der Waals surface area contributed by atoms with Crippen molar-refractivity contribution < 1.29 is 24.1 Å². The molecule has 2 saturated carbocycles. The number of rotatable bonds is 10. The van der Waals surface area contributed by atoms with Crippen LogP contribution in [0.15, 0.2) is 60.8 Å². The van der Waals surface area contributed by atoms with Gasteiger partial charge in [0.05, 0.1) is 38.1 Å². The van der Waals surface area contributed by atoms with Crippen LogP contribution in [0.5, 0.6) is 11.6 Å². The summed E-state index contributed by atoms with van der Waals surface area (Å²) in [5.41, 5.74) is 4.58. The molecule has 2 fully saturated rings. The molecule has 4 aromatic rings.